The van der Waals surface area contributed by atoms with Gasteiger partial charge in [0.15, 0.2) is 0 Å². The molecule has 0 amide bonds. The molecule has 0 radical (unpaired) electrons. The molecule has 0 heterocycles. The van der Waals surface area contributed by atoms with Gasteiger partial charge in [0.2, 0.25) is 0 Å². The molecule has 0 aliphatic rings. The Bertz CT molecular complexity index is 833. The van der Waals surface area contributed by atoms with Gasteiger partial charge in [-0.25, -0.2) is 0 Å². The molecule has 1 unspecified atom stereocenters. The molecule has 1 atom stereocenters. The highest BCUT2D eigenvalue weighted by molar-refractivity contribution is 5.72. The molecule has 0 saturated carbocycles. The largest absolute Gasteiger partial charge is 0.465 e. The van der Waals surface area contributed by atoms with Gasteiger partial charge in [0.05, 0.1) is 12.5 Å². The first kappa shape index (κ1) is 61.2. The Balaban J connectivity index is 3.71. The van der Waals surface area contributed by atoms with Crippen LogP contribution in [0, 0.1) is 5.92 Å². The van der Waals surface area contributed by atoms with Crippen molar-refractivity contribution >= 4 is 5.97 Å². The molecule has 0 aliphatic carbocycles. The number of hydrogen-bond acceptors (Lipinski definition) is 2. The van der Waals surface area contributed by atoms with Gasteiger partial charge in [-0.2, -0.15) is 0 Å². The summed E-state index contributed by atoms with van der Waals surface area (Å²) in [5.41, 5.74) is 0. The molecule has 0 fully saturated rings. The Hall–Kier alpha value is -0.790. The standard InChI is InChI=1S/C60H118O2/c1-4-7-10-13-16-18-20-22-24-25-26-27-28-29-30-31-32-33-34-35-36-37-38-39-40-41-43-45-47-49-51-54-57-59(60(61)62-58-55-52-15-12-9-6-3)56-53-50-48-46-44-42-23-21-19-17-14-11-8-5-2/h23,42,59H,4-22,24-41,43-58H2,1-3H3/b42-23-. The predicted octanol–water partition coefficient (Wildman–Crippen LogP) is 22.0. The monoisotopic (exact) mass is 871 g/mol. The zero-order valence-corrected chi connectivity index (χ0v) is 43.5. The van der Waals surface area contributed by atoms with Crippen molar-refractivity contribution in [2.24, 2.45) is 5.92 Å². The fraction of sp³-hybridized carbons (Fsp3) is 0.950. The zero-order valence-electron chi connectivity index (χ0n) is 43.5. The summed E-state index contributed by atoms with van der Waals surface area (Å²) >= 11 is 0. The van der Waals surface area contributed by atoms with Gasteiger partial charge in [-0.1, -0.05) is 322 Å². The second-order valence-electron chi connectivity index (χ2n) is 20.4. The van der Waals surface area contributed by atoms with Gasteiger partial charge < -0.3 is 4.74 Å². The van der Waals surface area contributed by atoms with E-state index in [0.29, 0.717) is 6.61 Å². The highest BCUT2D eigenvalue weighted by Crippen LogP contribution is 2.22. The van der Waals surface area contributed by atoms with Gasteiger partial charge in [0.25, 0.3) is 0 Å². The Morgan fingerprint density at radius 1 is 0.290 bits per heavy atom. The molecule has 0 rings (SSSR count). The van der Waals surface area contributed by atoms with Crippen LogP contribution in [0.15, 0.2) is 12.2 Å². The van der Waals surface area contributed by atoms with E-state index in [1.54, 1.807) is 0 Å². The van der Waals surface area contributed by atoms with Crippen LogP contribution in [-0.2, 0) is 9.53 Å². The Morgan fingerprint density at radius 3 is 0.758 bits per heavy atom. The first-order valence-corrected chi connectivity index (χ1v) is 29.6. The maximum Gasteiger partial charge on any atom is 0.308 e. The minimum absolute atomic E-state index is 0.108. The number of unbranched alkanes of at least 4 members (excludes halogenated alkanes) is 46. The van der Waals surface area contributed by atoms with Crippen LogP contribution >= 0.6 is 0 Å². The van der Waals surface area contributed by atoms with E-state index in [-0.39, 0.29) is 11.9 Å². The van der Waals surface area contributed by atoms with E-state index >= 15 is 0 Å². The number of carbonyl (C=O) groups excluding carboxylic acids is 1. The normalized spacial score (nSPS) is 12.2. The van der Waals surface area contributed by atoms with Gasteiger partial charge in [-0.3, -0.25) is 4.79 Å². The molecular weight excluding hydrogens is 753 g/mol. The molecular formula is C60H118O2. The van der Waals surface area contributed by atoms with Crippen LogP contribution in [0.1, 0.15) is 355 Å². The van der Waals surface area contributed by atoms with E-state index in [1.165, 1.54) is 315 Å². The second-order valence-corrected chi connectivity index (χ2v) is 20.4. The fourth-order valence-corrected chi connectivity index (χ4v) is 9.61. The van der Waals surface area contributed by atoms with Crippen LogP contribution in [0.3, 0.4) is 0 Å². The third-order valence-electron chi connectivity index (χ3n) is 14.0. The minimum atomic E-state index is 0.108. The molecule has 0 N–H and O–H groups in total. The van der Waals surface area contributed by atoms with E-state index in [2.05, 4.69) is 32.9 Å². The number of rotatable bonds is 55. The lowest BCUT2D eigenvalue weighted by atomic mass is 9.94. The average Bonchev–Trinajstić information content (AvgIpc) is 3.28. The molecule has 0 aromatic rings. The molecule has 2 heteroatoms. The summed E-state index contributed by atoms with van der Waals surface area (Å²) < 4.78 is 5.85. The topological polar surface area (TPSA) is 26.3 Å². The average molecular weight is 872 g/mol. The number of ether oxygens (including phenoxy) is 1. The summed E-state index contributed by atoms with van der Waals surface area (Å²) in [5.74, 6) is 0.234. The smallest absolute Gasteiger partial charge is 0.308 e. The van der Waals surface area contributed by atoms with Gasteiger partial charge in [-0.05, 0) is 44.9 Å². The van der Waals surface area contributed by atoms with Crippen LogP contribution in [0.5, 0.6) is 0 Å². The summed E-state index contributed by atoms with van der Waals surface area (Å²) in [6.07, 6.45) is 76.3. The maximum atomic E-state index is 13.1. The zero-order chi connectivity index (χ0) is 44.8. The molecule has 2 nitrogen and oxygen atoms in total. The van der Waals surface area contributed by atoms with Crippen LogP contribution in [0.2, 0.25) is 0 Å². The number of hydrogen-bond donors (Lipinski definition) is 0. The van der Waals surface area contributed by atoms with Crippen molar-refractivity contribution in [3.8, 4) is 0 Å². The van der Waals surface area contributed by atoms with Crippen molar-refractivity contribution in [1.29, 1.82) is 0 Å². The van der Waals surface area contributed by atoms with E-state index in [9.17, 15) is 4.79 Å². The van der Waals surface area contributed by atoms with E-state index < -0.39 is 0 Å². The summed E-state index contributed by atoms with van der Waals surface area (Å²) in [7, 11) is 0. The summed E-state index contributed by atoms with van der Waals surface area (Å²) in [6, 6.07) is 0. The van der Waals surface area contributed by atoms with Crippen LogP contribution in [0.25, 0.3) is 0 Å². The first-order chi connectivity index (χ1) is 30.8. The lowest BCUT2D eigenvalue weighted by Gasteiger charge is -2.16. The fourth-order valence-electron chi connectivity index (χ4n) is 9.61. The second kappa shape index (κ2) is 56.3. The summed E-state index contributed by atoms with van der Waals surface area (Å²) in [5, 5.41) is 0. The van der Waals surface area contributed by atoms with E-state index in [4.69, 9.17) is 4.74 Å². The highest BCUT2D eigenvalue weighted by atomic mass is 16.5. The van der Waals surface area contributed by atoms with Crippen LogP contribution in [-0.4, -0.2) is 12.6 Å². The van der Waals surface area contributed by atoms with Crippen molar-refractivity contribution in [2.45, 2.75) is 355 Å². The van der Waals surface area contributed by atoms with Crippen LogP contribution in [0.4, 0.5) is 0 Å². The Labute approximate surface area is 393 Å². The maximum absolute atomic E-state index is 13.1. The van der Waals surface area contributed by atoms with Gasteiger partial charge >= 0.3 is 5.97 Å². The molecule has 0 aromatic carbocycles. The minimum Gasteiger partial charge on any atom is -0.465 e. The molecule has 0 spiro atoms. The van der Waals surface area contributed by atoms with Gasteiger partial charge in [0, 0.05) is 0 Å². The molecule has 0 saturated heterocycles. The Kier molecular flexibility index (Phi) is 55.6. The van der Waals surface area contributed by atoms with Gasteiger partial charge in [0.1, 0.15) is 0 Å². The van der Waals surface area contributed by atoms with Crippen molar-refractivity contribution in [3.63, 3.8) is 0 Å². The lowest BCUT2D eigenvalue weighted by Crippen LogP contribution is -2.18. The van der Waals surface area contributed by atoms with Crippen molar-refractivity contribution in [2.75, 3.05) is 6.61 Å². The van der Waals surface area contributed by atoms with Crippen LogP contribution < -0.4 is 0 Å². The molecule has 0 aromatic heterocycles. The summed E-state index contributed by atoms with van der Waals surface area (Å²) in [6.45, 7) is 7.50. The number of allylic oxidation sites excluding steroid dienone is 2. The number of esters is 1. The van der Waals surface area contributed by atoms with Crippen molar-refractivity contribution in [3.05, 3.63) is 12.2 Å². The first-order valence-electron chi connectivity index (χ1n) is 29.6. The van der Waals surface area contributed by atoms with E-state index in [0.717, 1.165) is 19.3 Å². The summed E-state index contributed by atoms with van der Waals surface area (Å²) in [4.78, 5) is 13.1. The van der Waals surface area contributed by atoms with E-state index in [1.807, 2.05) is 0 Å². The van der Waals surface area contributed by atoms with Gasteiger partial charge in [-0.15, -0.1) is 0 Å². The molecule has 62 heavy (non-hydrogen) atoms. The highest BCUT2D eigenvalue weighted by Gasteiger charge is 2.19. The number of carbonyl (C=O) groups is 1. The lowest BCUT2D eigenvalue weighted by molar-refractivity contribution is -0.149. The van der Waals surface area contributed by atoms with Crippen molar-refractivity contribution in [1.82, 2.24) is 0 Å². The SMILES string of the molecule is CCCCCCCC/C=C\CCCCCCC(CCCCCCCCCCCCCCCCCCCCCCCCCCCCCCCCCC)C(=O)OCCCCCCCC. The predicted molar refractivity (Wildman–Crippen MR) is 281 cm³/mol. The quantitative estimate of drug-likeness (QED) is 0.0346. The molecule has 370 valence electrons. The Morgan fingerprint density at radius 2 is 0.500 bits per heavy atom. The third-order valence-corrected chi connectivity index (χ3v) is 14.0. The third kappa shape index (κ3) is 51.8. The molecule has 0 aliphatic heterocycles. The molecule has 0 bridgehead atoms. The van der Waals surface area contributed by atoms with Crippen molar-refractivity contribution < 1.29 is 9.53 Å².